The van der Waals surface area contributed by atoms with Crippen LogP contribution in [0.1, 0.15) is 34.1 Å². The molecule has 17 heavy (non-hydrogen) atoms. The van der Waals surface area contributed by atoms with Crippen molar-refractivity contribution in [3.05, 3.63) is 0 Å². The predicted octanol–water partition coefficient (Wildman–Crippen LogP) is 2.76. The molecule has 2 unspecified atom stereocenters. The fraction of sp³-hybridized carbons (Fsp3) is 0.923. The van der Waals surface area contributed by atoms with Gasteiger partial charge in [-0.3, -0.25) is 4.99 Å². The zero-order chi connectivity index (χ0) is 12.8. The van der Waals surface area contributed by atoms with Gasteiger partial charge in [-0.2, -0.15) is 0 Å². The van der Waals surface area contributed by atoms with Gasteiger partial charge in [0.1, 0.15) is 0 Å². The number of rotatable bonds is 5. The summed E-state index contributed by atoms with van der Waals surface area (Å²) in [6.45, 7) is 9.66. The normalized spacial score (nSPS) is 22.8. The molecule has 4 heteroatoms. The van der Waals surface area contributed by atoms with Gasteiger partial charge in [-0.1, -0.05) is 39.5 Å². The fourth-order valence-electron chi connectivity index (χ4n) is 1.83. The molecule has 1 heterocycles. The highest BCUT2D eigenvalue weighted by Crippen LogP contribution is 2.22. The van der Waals surface area contributed by atoms with Gasteiger partial charge in [0.15, 0.2) is 5.17 Å². The monoisotopic (exact) mass is 258 g/mol. The molecule has 1 aliphatic heterocycles. The second-order valence-electron chi connectivity index (χ2n) is 5.33. The van der Waals surface area contributed by atoms with Gasteiger partial charge in [-0.15, -0.1) is 0 Å². The quantitative estimate of drug-likeness (QED) is 0.823. The van der Waals surface area contributed by atoms with E-state index in [1.54, 1.807) is 7.11 Å². The van der Waals surface area contributed by atoms with E-state index in [1.807, 2.05) is 11.8 Å². The highest BCUT2D eigenvalue weighted by molar-refractivity contribution is 8.13. The lowest BCUT2D eigenvalue weighted by atomic mass is 10.0. The molecule has 3 nitrogen and oxygen atoms in total. The van der Waals surface area contributed by atoms with Crippen LogP contribution in [0.5, 0.6) is 0 Å². The van der Waals surface area contributed by atoms with Gasteiger partial charge in [0.05, 0.1) is 18.7 Å². The summed E-state index contributed by atoms with van der Waals surface area (Å²) in [7, 11) is 1.75. The lowest BCUT2D eigenvalue weighted by molar-refractivity contribution is 0.156. The van der Waals surface area contributed by atoms with E-state index in [0.717, 1.165) is 11.8 Å². The molecule has 0 radical (unpaired) electrons. The SMILES string of the molecule is COCC(NC1=NC(C(C)C)CCS1)C(C)C. The second-order valence-corrected chi connectivity index (χ2v) is 6.42. The van der Waals surface area contributed by atoms with Crippen molar-refractivity contribution in [3.63, 3.8) is 0 Å². The van der Waals surface area contributed by atoms with Crippen LogP contribution < -0.4 is 5.32 Å². The van der Waals surface area contributed by atoms with E-state index >= 15 is 0 Å². The third kappa shape index (κ3) is 4.88. The van der Waals surface area contributed by atoms with Gasteiger partial charge < -0.3 is 10.1 Å². The van der Waals surface area contributed by atoms with Crippen molar-refractivity contribution >= 4 is 16.9 Å². The maximum Gasteiger partial charge on any atom is 0.157 e. The Morgan fingerprint density at radius 2 is 2.12 bits per heavy atom. The molecule has 2 atom stereocenters. The fourth-order valence-corrected chi connectivity index (χ4v) is 2.83. The zero-order valence-corrected chi connectivity index (χ0v) is 12.5. The van der Waals surface area contributed by atoms with E-state index in [0.29, 0.717) is 23.9 Å². The second kappa shape index (κ2) is 7.27. The Hall–Kier alpha value is -0.220. The summed E-state index contributed by atoms with van der Waals surface area (Å²) < 4.78 is 5.25. The van der Waals surface area contributed by atoms with E-state index in [-0.39, 0.29) is 0 Å². The minimum absolute atomic E-state index is 0.358. The lowest BCUT2D eigenvalue weighted by Crippen LogP contribution is -2.42. The number of aliphatic imine (C=N–C) groups is 1. The van der Waals surface area contributed by atoms with Gasteiger partial charge in [-0.25, -0.2) is 0 Å². The van der Waals surface area contributed by atoms with Crippen molar-refractivity contribution < 1.29 is 4.74 Å². The highest BCUT2D eigenvalue weighted by atomic mass is 32.2. The minimum Gasteiger partial charge on any atom is -0.383 e. The van der Waals surface area contributed by atoms with Crippen LogP contribution in [0.4, 0.5) is 0 Å². The molecule has 0 fully saturated rings. The van der Waals surface area contributed by atoms with Crippen molar-refractivity contribution in [3.8, 4) is 0 Å². The zero-order valence-electron chi connectivity index (χ0n) is 11.7. The van der Waals surface area contributed by atoms with Gasteiger partial charge in [0, 0.05) is 12.9 Å². The minimum atomic E-state index is 0.358. The molecule has 1 aliphatic rings. The topological polar surface area (TPSA) is 33.6 Å². The predicted molar refractivity (Wildman–Crippen MR) is 76.8 cm³/mol. The molecular formula is C13H26N2OS. The standard InChI is InChI=1S/C13H26N2OS/c1-9(2)11-6-7-17-13(14-11)15-12(8-16-5)10(3)4/h9-12H,6-8H2,1-5H3,(H,14,15). The Morgan fingerprint density at radius 1 is 1.41 bits per heavy atom. The van der Waals surface area contributed by atoms with Crippen molar-refractivity contribution in [1.29, 1.82) is 0 Å². The summed E-state index contributed by atoms with van der Waals surface area (Å²) in [4.78, 5) is 4.80. The number of hydrogen-bond acceptors (Lipinski definition) is 4. The molecule has 0 saturated heterocycles. The molecule has 0 aliphatic carbocycles. The van der Waals surface area contributed by atoms with Gasteiger partial charge in [0.2, 0.25) is 0 Å². The van der Waals surface area contributed by atoms with Gasteiger partial charge in [0.25, 0.3) is 0 Å². The maximum absolute atomic E-state index is 5.25. The molecule has 0 aromatic heterocycles. The Morgan fingerprint density at radius 3 is 2.65 bits per heavy atom. The summed E-state index contributed by atoms with van der Waals surface area (Å²) in [6, 6.07) is 0.839. The molecule has 0 bridgehead atoms. The van der Waals surface area contributed by atoms with Crippen LogP contribution in [-0.2, 0) is 4.74 Å². The first kappa shape index (κ1) is 14.8. The number of methoxy groups -OCH3 is 1. The molecule has 1 rings (SSSR count). The average molecular weight is 258 g/mol. The largest absolute Gasteiger partial charge is 0.383 e. The summed E-state index contributed by atoms with van der Waals surface area (Å²) in [5.74, 6) is 2.36. The van der Waals surface area contributed by atoms with Gasteiger partial charge >= 0.3 is 0 Å². The van der Waals surface area contributed by atoms with Crippen LogP contribution in [0.2, 0.25) is 0 Å². The molecule has 0 saturated carbocycles. The van der Waals surface area contributed by atoms with Crippen LogP contribution in [0.15, 0.2) is 4.99 Å². The summed E-state index contributed by atoms with van der Waals surface area (Å²) in [6.07, 6.45) is 1.20. The number of ether oxygens (including phenoxy) is 1. The van der Waals surface area contributed by atoms with E-state index in [4.69, 9.17) is 9.73 Å². The number of thioether (sulfide) groups is 1. The van der Waals surface area contributed by atoms with Gasteiger partial charge in [-0.05, 0) is 18.3 Å². The van der Waals surface area contributed by atoms with E-state index in [9.17, 15) is 0 Å². The number of amidine groups is 1. The van der Waals surface area contributed by atoms with E-state index < -0.39 is 0 Å². The van der Waals surface area contributed by atoms with E-state index in [2.05, 4.69) is 33.0 Å². The molecule has 0 aromatic carbocycles. The van der Waals surface area contributed by atoms with Crippen molar-refractivity contribution in [2.45, 2.75) is 46.2 Å². The summed E-state index contributed by atoms with van der Waals surface area (Å²) in [5, 5.41) is 4.63. The number of nitrogens with zero attached hydrogens (tertiary/aromatic N) is 1. The third-order valence-electron chi connectivity index (χ3n) is 3.16. The summed E-state index contributed by atoms with van der Waals surface area (Å²) in [5.41, 5.74) is 0. The average Bonchev–Trinajstić information content (AvgIpc) is 2.28. The molecule has 0 aromatic rings. The van der Waals surface area contributed by atoms with Crippen LogP contribution in [0, 0.1) is 11.8 Å². The number of hydrogen-bond donors (Lipinski definition) is 1. The Balaban J connectivity index is 2.59. The molecule has 0 spiro atoms. The van der Waals surface area contributed by atoms with Crippen LogP contribution in [-0.4, -0.2) is 36.7 Å². The van der Waals surface area contributed by atoms with E-state index in [1.165, 1.54) is 12.2 Å². The lowest BCUT2D eigenvalue weighted by Gasteiger charge is -2.28. The smallest absolute Gasteiger partial charge is 0.157 e. The Bertz CT molecular complexity index is 254. The maximum atomic E-state index is 5.25. The summed E-state index contributed by atoms with van der Waals surface area (Å²) >= 11 is 1.84. The Kier molecular flexibility index (Phi) is 6.34. The van der Waals surface area contributed by atoms with Crippen LogP contribution in [0.3, 0.4) is 0 Å². The van der Waals surface area contributed by atoms with Crippen molar-refractivity contribution in [2.24, 2.45) is 16.8 Å². The Labute approximate surface area is 110 Å². The molecule has 0 amide bonds. The molecular weight excluding hydrogens is 232 g/mol. The molecule has 100 valence electrons. The molecule has 1 N–H and O–H groups in total. The number of nitrogens with one attached hydrogen (secondary N) is 1. The first-order valence-corrected chi connectivity index (χ1v) is 7.49. The first-order chi connectivity index (χ1) is 8.04. The van der Waals surface area contributed by atoms with Crippen molar-refractivity contribution in [1.82, 2.24) is 5.32 Å². The highest BCUT2D eigenvalue weighted by Gasteiger charge is 2.21. The van der Waals surface area contributed by atoms with Crippen LogP contribution >= 0.6 is 11.8 Å². The first-order valence-electron chi connectivity index (χ1n) is 6.50. The van der Waals surface area contributed by atoms with Crippen molar-refractivity contribution in [2.75, 3.05) is 19.5 Å². The third-order valence-corrected chi connectivity index (χ3v) is 4.10. The van der Waals surface area contributed by atoms with Crippen LogP contribution in [0.25, 0.3) is 0 Å².